The Labute approximate surface area is 164 Å². The molecular weight excluding hydrogens is 354 g/mol. The maximum Gasteiger partial charge on any atom is 0.336 e. The van der Waals surface area contributed by atoms with E-state index in [2.05, 4.69) is 17.0 Å². The summed E-state index contributed by atoms with van der Waals surface area (Å²) in [6, 6.07) is 13.6. The Bertz CT molecular complexity index is 1060. The Morgan fingerprint density at radius 3 is 2.86 bits per heavy atom. The summed E-state index contributed by atoms with van der Waals surface area (Å²) < 4.78 is 10.7. The molecule has 1 N–H and O–H groups in total. The van der Waals surface area contributed by atoms with Crippen LogP contribution in [0.2, 0.25) is 0 Å². The van der Waals surface area contributed by atoms with Gasteiger partial charge in [0.15, 0.2) is 0 Å². The van der Waals surface area contributed by atoms with Crippen molar-refractivity contribution >= 4 is 11.0 Å². The van der Waals surface area contributed by atoms with Gasteiger partial charge in [-0.3, -0.25) is 4.90 Å². The average Bonchev–Trinajstić information content (AvgIpc) is 3.15. The maximum absolute atomic E-state index is 12.1. The summed E-state index contributed by atoms with van der Waals surface area (Å²) in [5.74, 6) is 1.03. The van der Waals surface area contributed by atoms with Crippen LogP contribution in [0.5, 0.6) is 11.5 Å². The molecule has 1 aliphatic heterocycles. The molecule has 146 valence electrons. The number of nitrogens with zero attached hydrogens (tertiary/aromatic N) is 1. The normalized spacial score (nSPS) is 17.3. The summed E-state index contributed by atoms with van der Waals surface area (Å²) in [5, 5.41) is 11.0. The monoisotopic (exact) mass is 379 g/mol. The Balaban J connectivity index is 1.71. The van der Waals surface area contributed by atoms with Crippen molar-refractivity contribution in [2.24, 2.45) is 0 Å². The van der Waals surface area contributed by atoms with Crippen LogP contribution in [0.15, 0.2) is 51.7 Å². The Kier molecular flexibility index (Phi) is 5.09. The van der Waals surface area contributed by atoms with E-state index < -0.39 is 0 Å². The smallest absolute Gasteiger partial charge is 0.336 e. The number of phenolic OH excluding ortho intramolecular Hbond substituents is 1. The Morgan fingerprint density at radius 1 is 1.21 bits per heavy atom. The lowest BCUT2D eigenvalue weighted by molar-refractivity contribution is 0.248. The summed E-state index contributed by atoms with van der Waals surface area (Å²) in [5.41, 5.74) is 3.08. The highest BCUT2D eigenvalue weighted by atomic mass is 16.5. The summed E-state index contributed by atoms with van der Waals surface area (Å²) in [6.45, 7) is 3.64. The number of hydrogen-bond acceptors (Lipinski definition) is 5. The van der Waals surface area contributed by atoms with Crippen molar-refractivity contribution in [2.75, 3.05) is 13.7 Å². The third-order valence-corrected chi connectivity index (χ3v) is 5.63. The second-order valence-electron chi connectivity index (χ2n) is 7.33. The first kappa shape index (κ1) is 18.6. The average molecular weight is 379 g/mol. The Morgan fingerprint density at radius 2 is 2.07 bits per heavy atom. The highest BCUT2D eigenvalue weighted by molar-refractivity contribution is 5.82. The van der Waals surface area contributed by atoms with Crippen LogP contribution >= 0.6 is 0 Å². The number of aromatic hydroxyl groups is 1. The third-order valence-electron chi connectivity index (χ3n) is 5.63. The molecule has 2 heterocycles. The predicted octanol–water partition coefficient (Wildman–Crippen LogP) is 4.41. The first-order chi connectivity index (χ1) is 13.6. The fourth-order valence-electron chi connectivity index (χ4n) is 4.18. The molecule has 0 amide bonds. The van der Waals surface area contributed by atoms with Gasteiger partial charge in [-0.25, -0.2) is 4.79 Å². The van der Waals surface area contributed by atoms with Gasteiger partial charge in [-0.15, -0.1) is 0 Å². The van der Waals surface area contributed by atoms with Crippen molar-refractivity contribution in [2.45, 2.75) is 38.8 Å². The number of aryl methyl sites for hydroxylation is 1. The lowest BCUT2D eigenvalue weighted by Gasteiger charge is -2.25. The lowest BCUT2D eigenvalue weighted by Crippen LogP contribution is -2.23. The molecule has 2 aromatic carbocycles. The topological polar surface area (TPSA) is 62.9 Å². The molecule has 1 aliphatic rings. The van der Waals surface area contributed by atoms with Crippen molar-refractivity contribution in [3.05, 3.63) is 69.6 Å². The van der Waals surface area contributed by atoms with Gasteiger partial charge in [-0.05, 0) is 60.7 Å². The quantitative estimate of drug-likeness (QED) is 0.666. The largest absolute Gasteiger partial charge is 0.508 e. The number of hydrogen-bond donors (Lipinski definition) is 1. The minimum absolute atomic E-state index is 0.172. The van der Waals surface area contributed by atoms with Crippen LogP contribution in [-0.4, -0.2) is 23.7 Å². The lowest BCUT2D eigenvalue weighted by atomic mass is 10.0. The molecule has 0 bridgehead atoms. The molecular formula is C23H25NO4. The van der Waals surface area contributed by atoms with Crippen molar-refractivity contribution in [3.8, 4) is 11.5 Å². The van der Waals surface area contributed by atoms with E-state index in [1.54, 1.807) is 19.2 Å². The van der Waals surface area contributed by atoms with Gasteiger partial charge in [0.1, 0.15) is 17.1 Å². The maximum atomic E-state index is 12.1. The highest BCUT2D eigenvalue weighted by Crippen LogP contribution is 2.36. The molecule has 4 rings (SSSR count). The number of benzene rings is 2. The standard InChI is InChI=1S/C23H25NO4/c1-3-15-11-19-17(12-23(26)28-22(19)13-21(15)25)14-24-9-5-8-20(24)16-6-4-7-18(10-16)27-2/h4,6-7,10-13,20,25H,3,5,8-9,14H2,1-2H3/t20-/m0/s1. The number of phenols is 1. The summed E-state index contributed by atoms with van der Waals surface area (Å²) >= 11 is 0. The van der Waals surface area contributed by atoms with Crippen LogP contribution in [0.1, 0.15) is 42.5 Å². The van der Waals surface area contributed by atoms with Crippen LogP contribution in [0.25, 0.3) is 11.0 Å². The fourth-order valence-corrected chi connectivity index (χ4v) is 4.18. The van der Waals surface area contributed by atoms with E-state index in [0.29, 0.717) is 18.2 Å². The summed E-state index contributed by atoms with van der Waals surface area (Å²) in [7, 11) is 1.68. The molecule has 0 spiro atoms. The summed E-state index contributed by atoms with van der Waals surface area (Å²) in [6.07, 6.45) is 2.91. The number of likely N-dealkylation sites (tertiary alicyclic amines) is 1. The molecule has 1 saturated heterocycles. The van der Waals surface area contributed by atoms with Gasteiger partial charge in [0.05, 0.1) is 7.11 Å². The number of fused-ring (bicyclic) bond motifs is 1. The van der Waals surface area contributed by atoms with Gasteiger partial charge < -0.3 is 14.3 Å². The molecule has 0 saturated carbocycles. The van der Waals surface area contributed by atoms with E-state index in [0.717, 1.165) is 48.1 Å². The third kappa shape index (κ3) is 3.50. The molecule has 5 heteroatoms. The molecule has 0 radical (unpaired) electrons. The van der Waals surface area contributed by atoms with E-state index >= 15 is 0 Å². The molecule has 5 nitrogen and oxygen atoms in total. The van der Waals surface area contributed by atoms with Crippen LogP contribution in [0.4, 0.5) is 0 Å². The minimum atomic E-state index is -0.386. The van der Waals surface area contributed by atoms with Crippen LogP contribution in [0, 0.1) is 0 Å². The minimum Gasteiger partial charge on any atom is -0.508 e. The Hall–Kier alpha value is -2.79. The van der Waals surface area contributed by atoms with Crippen LogP contribution < -0.4 is 10.4 Å². The van der Waals surface area contributed by atoms with E-state index in [4.69, 9.17) is 9.15 Å². The van der Waals surface area contributed by atoms with Crippen molar-refractivity contribution in [1.29, 1.82) is 0 Å². The van der Waals surface area contributed by atoms with Crippen LogP contribution in [0.3, 0.4) is 0 Å². The molecule has 28 heavy (non-hydrogen) atoms. The fraction of sp³-hybridized carbons (Fsp3) is 0.348. The van der Waals surface area contributed by atoms with Crippen molar-refractivity contribution < 1.29 is 14.3 Å². The zero-order valence-corrected chi connectivity index (χ0v) is 16.3. The first-order valence-electron chi connectivity index (χ1n) is 9.75. The number of rotatable bonds is 5. The first-order valence-corrected chi connectivity index (χ1v) is 9.75. The molecule has 1 atom stereocenters. The molecule has 1 aromatic heterocycles. The van der Waals surface area contributed by atoms with Crippen molar-refractivity contribution in [1.82, 2.24) is 4.90 Å². The van der Waals surface area contributed by atoms with Gasteiger partial charge in [0.25, 0.3) is 0 Å². The highest BCUT2D eigenvalue weighted by Gasteiger charge is 2.27. The second kappa shape index (κ2) is 7.68. The number of ether oxygens (including phenoxy) is 1. The van der Waals surface area contributed by atoms with Gasteiger partial charge in [-0.1, -0.05) is 19.1 Å². The van der Waals surface area contributed by atoms with E-state index in [9.17, 15) is 9.90 Å². The molecule has 0 unspecified atom stereocenters. The van der Waals surface area contributed by atoms with E-state index in [-0.39, 0.29) is 11.4 Å². The van der Waals surface area contributed by atoms with Gasteiger partial charge in [0, 0.05) is 30.1 Å². The predicted molar refractivity (Wildman–Crippen MR) is 109 cm³/mol. The SMILES string of the molecule is CCc1cc2c(CN3CCC[C@H]3c3cccc(OC)c3)cc(=O)oc2cc1O. The van der Waals surface area contributed by atoms with E-state index in [1.807, 2.05) is 25.1 Å². The number of methoxy groups -OCH3 is 1. The summed E-state index contributed by atoms with van der Waals surface area (Å²) in [4.78, 5) is 14.5. The van der Waals surface area contributed by atoms with Gasteiger partial charge >= 0.3 is 5.63 Å². The van der Waals surface area contributed by atoms with Gasteiger partial charge in [-0.2, -0.15) is 0 Å². The zero-order valence-electron chi connectivity index (χ0n) is 16.3. The van der Waals surface area contributed by atoms with Gasteiger partial charge in [0.2, 0.25) is 0 Å². The van der Waals surface area contributed by atoms with Crippen molar-refractivity contribution in [3.63, 3.8) is 0 Å². The molecule has 3 aromatic rings. The molecule has 0 aliphatic carbocycles. The van der Waals surface area contributed by atoms with E-state index in [1.165, 1.54) is 5.56 Å². The zero-order chi connectivity index (χ0) is 19.7. The molecule has 1 fully saturated rings. The van der Waals surface area contributed by atoms with Crippen LogP contribution in [-0.2, 0) is 13.0 Å². The second-order valence-corrected chi connectivity index (χ2v) is 7.33.